The molecule has 0 bridgehead atoms. The van der Waals surface area contributed by atoms with Gasteiger partial charge >= 0.3 is 0 Å². The van der Waals surface area contributed by atoms with E-state index in [2.05, 4.69) is 10.3 Å². The molecule has 0 aliphatic carbocycles. The van der Waals surface area contributed by atoms with Crippen LogP contribution in [0.5, 0.6) is 17.2 Å². The first-order chi connectivity index (χ1) is 14.0. The molecule has 29 heavy (non-hydrogen) atoms. The van der Waals surface area contributed by atoms with Gasteiger partial charge in [0.25, 0.3) is 11.1 Å². The number of furan rings is 1. The number of nitrogens with zero attached hydrogens (tertiary/aromatic N) is 1. The number of rotatable bonds is 5. The molecule has 148 valence electrons. The van der Waals surface area contributed by atoms with E-state index < -0.39 is 11.1 Å². The predicted molar refractivity (Wildman–Crippen MR) is 108 cm³/mol. The number of aromatic nitrogens is 1. The van der Waals surface area contributed by atoms with Gasteiger partial charge in [-0.1, -0.05) is 0 Å². The van der Waals surface area contributed by atoms with Crippen LogP contribution in [0, 0.1) is 0 Å². The predicted octanol–water partition coefficient (Wildman–Crippen LogP) is 3.84. The molecule has 0 saturated carbocycles. The Hall–Kier alpha value is -3.46. The fourth-order valence-corrected chi connectivity index (χ4v) is 3.71. The first kappa shape index (κ1) is 18.9. The number of carbonyl (C=O) groups excluding carboxylic acids is 2. The molecule has 4 rings (SSSR count). The van der Waals surface area contributed by atoms with Crippen molar-refractivity contribution in [1.82, 2.24) is 10.3 Å². The van der Waals surface area contributed by atoms with E-state index in [0.717, 1.165) is 22.7 Å². The van der Waals surface area contributed by atoms with Crippen LogP contribution in [0.4, 0.5) is 4.79 Å². The summed E-state index contributed by atoms with van der Waals surface area (Å²) in [5.74, 6) is 1.49. The average molecular weight is 412 g/mol. The van der Waals surface area contributed by atoms with Gasteiger partial charge in [0.15, 0.2) is 11.5 Å². The van der Waals surface area contributed by atoms with Crippen molar-refractivity contribution in [3.63, 3.8) is 0 Å². The number of thioether (sulfide) groups is 1. The molecular formula is C20H16N2O6S. The smallest absolute Gasteiger partial charge is 0.290 e. The maximum absolute atomic E-state index is 11.8. The summed E-state index contributed by atoms with van der Waals surface area (Å²) in [5, 5.41) is 2.56. The van der Waals surface area contributed by atoms with E-state index in [1.807, 2.05) is 0 Å². The van der Waals surface area contributed by atoms with Crippen LogP contribution < -0.4 is 19.5 Å². The molecule has 1 aromatic carbocycles. The lowest BCUT2D eigenvalue weighted by Gasteiger charge is -2.14. The molecule has 2 amide bonds. The quantitative estimate of drug-likeness (QED) is 0.631. The normalized spacial score (nSPS) is 15.1. The minimum absolute atomic E-state index is 0.274. The topological polar surface area (TPSA) is 99.9 Å². The summed E-state index contributed by atoms with van der Waals surface area (Å²) in [6.45, 7) is 0. The van der Waals surface area contributed by atoms with E-state index in [1.54, 1.807) is 44.8 Å². The molecule has 0 radical (unpaired) electrons. The largest absolute Gasteiger partial charge is 0.493 e. The van der Waals surface area contributed by atoms with E-state index in [-0.39, 0.29) is 4.91 Å². The number of benzene rings is 1. The van der Waals surface area contributed by atoms with Gasteiger partial charge in [-0.2, -0.15) is 0 Å². The molecule has 1 saturated heterocycles. The van der Waals surface area contributed by atoms with E-state index in [4.69, 9.17) is 18.6 Å². The van der Waals surface area contributed by atoms with Crippen LogP contribution in [0.15, 0.2) is 39.9 Å². The number of methoxy groups -OCH3 is 3. The number of hydrogen-bond acceptors (Lipinski definition) is 8. The minimum Gasteiger partial charge on any atom is -0.493 e. The zero-order valence-corrected chi connectivity index (χ0v) is 16.6. The number of amides is 2. The van der Waals surface area contributed by atoms with Crippen molar-refractivity contribution in [2.45, 2.75) is 0 Å². The highest BCUT2D eigenvalue weighted by molar-refractivity contribution is 8.18. The molecule has 0 spiro atoms. The number of pyridine rings is 1. The molecule has 2 aromatic heterocycles. The summed E-state index contributed by atoms with van der Waals surface area (Å²) in [7, 11) is 4.63. The molecule has 0 unspecified atom stereocenters. The van der Waals surface area contributed by atoms with Crippen LogP contribution in [0.1, 0.15) is 5.76 Å². The minimum atomic E-state index is -0.441. The lowest BCUT2D eigenvalue weighted by Crippen LogP contribution is -2.17. The van der Waals surface area contributed by atoms with E-state index in [1.165, 1.54) is 13.2 Å². The van der Waals surface area contributed by atoms with Crippen LogP contribution in [0.2, 0.25) is 0 Å². The lowest BCUT2D eigenvalue weighted by atomic mass is 10.0. The summed E-state index contributed by atoms with van der Waals surface area (Å²) < 4.78 is 22.2. The Bertz CT molecular complexity index is 1140. The highest BCUT2D eigenvalue weighted by atomic mass is 32.2. The zero-order chi connectivity index (χ0) is 20.5. The SMILES string of the molecule is COc1cc(-c2cncc3cc(/C=C4/SC(=O)NC4=O)oc23)cc(OC)c1OC. The standard InChI is InChI=1S/C20H16N2O6S/c1-25-14-5-10(6-15(26-2)18(14)27-3)13-9-21-8-11-4-12(28-17(11)13)7-16-19(23)22-20(24)29-16/h4-9H,1-3H3,(H,22,23,24)/b16-7+. The Morgan fingerprint density at radius 2 is 1.76 bits per heavy atom. The van der Waals surface area contributed by atoms with E-state index >= 15 is 0 Å². The molecule has 8 nitrogen and oxygen atoms in total. The Labute approximate surface area is 169 Å². The lowest BCUT2D eigenvalue weighted by molar-refractivity contribution is -0.115. The number of ether oxygens (including phenoxy) is 3. The molecular weight excluding hydrogens is 396 g/mol. The van der Waals surface area contributed by atoms with Gasteiger partial charge in [0.05, 0.1) is 26.2 Å². The Balaban J connectivity index is 1.84. The Morgan fingerprint density at radius 3 is 2.34 bits per heavy atom. The number of hydrogen-bond donors (Lipinski definition) is 1. The monoisotopic (exact) mass is 412 g/mol. The van der Waals surface area contributed by atoms with Gasteiger partial charge in [-0.25, -0.2) is 0 Å². The van der Waals surface area contributed by atoms with Crippen molar-refractivity contribution in [3.05, 3.63) is 41.3 Å². The summed E-state index contributed by atoms with van der Waals surface area (Å²) in [6.07, 6.45) is 4.86. The van der Waals surface area contributed by atoms with Gasteiger partial charge in [0, 0.05) is 29.4 Å². The third-order valence-corrected chi connectivity index (χ3v) is 5.14. The molecule has 1 aliphatic rings. The highest BCUT2D eigenvalue weighted by Crippen LogP contribution is 2.42. The van der Waals surface area contributed by atoms with Crippen molar-refractivity contribution >= 4 is 40.0 Å². The third-order valence-electron chi connectivity index (χ3n) is 4.33. The van der Waals surface area contributed by atoms with Gasteiger partial charge < -0.3 is 18.6 Å². The van der Waals surface area contributed by atoms with Gasteiger partial charge in [-0.05, 0) is 35.5 Å². The second-order valence-corrected chi connectivity index (χ2v) is 7.04. The second-order valence-electron chi connectivity index (χ2n) is 6.02. The van der Waals surface area contributed by atoms with E-state index in [0.29, 0.717) is 34.2 Å². The van der Waals surface area contributed by atoms with Crippen LogP contribution in [-0.4, -0.2) is 37.5 Å². The number of fused-ring (bicyclic) bond motifs is 1. The average Bonchev–Trinajstić information content (AvgIpc) is 3.28. The summed E-state index contributed by atoms with van der Waals surface area (Å²) in [6, 6.07) is 5.36. The number of imide groups is 1. The second kappa shape index (κ2) is 7.51. The maximum atomic E-state index is 11.8. The van der Waals surface area contributed by atoms with Crippen molar-refractivity contribution in [3.8, 4) is 28.4 Å². The van der Waals surface area contributed by atoms with Crippen molar-refractivity contribution in [1.29, 1.82) is 0 Å². The fraction of sp³-hybridized carbons (Fsp3) is 0.150. The zero-order valence-electron chi connectivity index (χ0n) is 15.8. The summed E-state index contributed by atoms with van der Waals surface area (Å²) >= 11 is 0.832. The van der Waals surface area contributed by atoms with Gasteiger partial charge in [0.1, 0.15) is 11.3 Å². The van der Waals surface area contributed by atoms with Crippen molar-refractivity contribution in [2.75, 3.05) is 21.3 Å². The summed E-state index contributed by atoms with van der Waals surface area (Å²) in [5.41, 5.74) is 2.05. The van der Waals surface area contributed by atoms with Crippen LogP contribution >= 0.6 is 11.8 Å². The highest BCUT2D eigenvalue weighted by Gasteiger charge is 2.25. The summed E-state index contributed by atoms with van der Waals surface area (Å²) in [4.78, 5) is 27.7. The molecule has 9 heteroatoms. The molecule has 1 aliphatic heterocycles. The molecule has 3 aromatic rings. The van der Waals surface area contributed by atoms with Crippen LogP contribution in [0.3, 0.4) is 0 Å². The van der Waals surface area contributed by atoms with Crippen LogP contribution in [-0.2, 0) is 4.79 Å². The molecule has 1 fully saturated rings. The number of nitrogens with one attached hydrogen (secondary N) is 1. The molecule has 3 heterocycles. The van der Waals surface area contributed by atoms with Crippen molar-refractivity contribution in [2.24, 2.45) is 0 Å². The first-order valence-electron chi connectivity index (χ1n) is 8.47. The Morgan fingerprint density at radius 1 is 1.03 bits per heavy atom. The molecule has 0 atom stereocenters. The fourth-order valence-electron chi connectivity index (χ4n) is 3.05. The molecule has 1 N–H and O–H groups in total. The van der Waals surface area contributed by atoms with Crippen LogP contribution in [0.25, 0.3) is 28.2 Å². The van der Waals surface area contributed by atoms with Gasteiger partial charge in [-0.15, -0.1) is 0 Å². The van der Waals surface area contributed by atoms with Gasteiger partial charge in [0.2, 0.25) is 5.75 Å². The number of carbonyl (C=O) groups is 2. The van der Waals surface area contributed by atoms with Crippen molar-refractivity contribution < 1.29 is 28.2 Å². The maximum Gasteiger partial charge on any atom is 0.290 e. The first-order valence-corrected chi connectivity index (χ1v) is 9.28. The van der Waals surface area contributed by atoms with Gasteiger partial charge in [-0.3, -0.25) is 19.9 Å². The Kier molecular flexibility index (Phi) is 4.89. The van der Waals surface area contributed by atoms with E-state index in [9.17, 15) is 9.59 Å². The third kappa shape index (κ3) is 3.40.